The fraction of sp³-hybridized carbons (Fsp3) is 0.246. The lowest BCUT2D eigenvalue weighted by Crippen LogP contribution is -2.10. The maximum atomic E-state index is 13.3. The van der Waals surface area contributed by atoms with E-state index in [1.165, 1.54) is 101 Å². The minimum absolute atomic E-state index is 0. The number of nitrogens with zero attached hydrogens (tertiary/aromatic N) is 3. The SMILES string of the molecule is C.C#C.CC(=O)/C(=C/c1ccccc1C(C)(F)F)N=[N+]=[N-].CC(=O)c1cc2c(C(C)(F)F)cccc2[nH]1.CC(=O)c1ccccc1Br.CC(F)(F)c1cccc2[nH]c(C(N)=O)cc12.CC(F)(F)c1ccccc1Br.CC(F)(F)c1ccccc1C=O.[2H]C.[B]C. The zero-order chi connectivity index (χ0) is 68.8. The van der Waals surface area contributed by atoms with E-state index in [9.17, 15) is 67.9 Å². The van der Waals surface area contributed by atoms with Crippen molar-refractivity contribution >= 4 is 97.1 Å². The molecule has 0 saturated carbocycles. The maximum absolute atomic E-state index is 13.3. The van der Waals surface area contributed by atoms with E-state index in [-0.39, 0.29) is 69.3 Å². The maximum Gasteiger partial charge on any atom is 0.271 e. The van der Waals surface area contributed by atoms with Crippen molar-refractivity contribution in [1.82, 2.24) is 9.97 Å². The molecule has 2 radical (unpaired) electrons. The Kier molecular flexibility index (Phi) is 33.8. The number of amides is 1. The van der Waals surface area contributed by atoms with Crippen molar-refractivity contribution < 1.29 is 69.2 Å². The van der Waals surface area contributed by atoms with Gasteiger partial charge >= 0.3 is 0 Å². The van der Waals surface area contributed by atoms with Gasteiger partial charge < -0.3 is 15.7 Å². The number of aromatic nitrogens is 2. The highest BCUT2D eigenvalue weighted by molar-refractivity contribution is 9.10. The number of Topliss-reactive ketones (excluding diaryl/α,β-unsaturated/α-hetero) is 3. The summed E-state index contributed by atoms with van der Waals surface area (Å²) in [6, 6.07) is 37.0. The summed E-state index contributed by atoms with van der Waals surface area (Å²) in [6.45, 7) is 9.74. The van der Waals surface area contributed by atoms with Gasteiger partial charge in [-0.2, -0.15) is 0 Å². The van der Waals surface area contributed by atoms with Crippen LogP contribution in [-0.2, 0) is 34.4 Å². The monoisotopic (exact) mass is 1370 g/mol. The molecule has 11 nitrogen and oxygen atoms in total. The molecule has 6 aromatic carbocycles. The minimum atomic E-state index is -3.04. The van der Waals surface area contributed by atoms with Crippen molar-refractivity contribution in [1.29, 1.82) is 0 Å². The van der Waals surface area contributed by atoms with E-state index >= 15 is 0 Å². The van der Waals surface area contributed by atoms with Crippen LogP contribution < -0.4 is 5.73 Å². The van der Waals surface area contributed by atoms with Gasteiger partial charge in [0, 0.05) is 118 Å². The van der Waals surface area contributed by atoms with Gasteiger partial charge in [-0.25, -0.2) is 43.9 Å². The zero-order valence-electron chi connectivity index (χ0n) is 50.2. The molecule has 0 aliphatic rings. The number of aromatic amines is 2. The number of primary amides is 1. The summed E-state index contributed by atoms with van der Waals surface area (Å²) in [7, 11) is 5.75. The van der Waals surface area contributed by atoms with Gasteiger partial charge in [0.1, 0.15) is 5.69 Å². The second-order valence-corrected chi connectivity index (χ2v) is 20.1. The molecule has 89 heavy (non-hydrogen) atoms. The Hall–Kier alpha value is -8.52. The highest BCUT2D eigenvalue weighted by Gasteiger charge is 2.30. The number of halogens is 12. The first-order valence-corrected chi connectivity index (χ1v) is 26.8. The molecule has 474 valence electrons. The molecule has 4 N–H and O–H groups in total. The van der Waals surface area contributed by atoms with Crippen molar-refractivity contribution in [3.63, 3.8) is 0 Å². The number of fused-ring (bicyclic) bond motifs is 2. The quantitative estimate of drug-likeness (QED) is 0.0126. The van der Waals surface area contributed by atoms with E-state index in [0.717, 1.165) is 50.7 Å². The molecule has 8 aromatic rings. The van der Waals surface area contributed by atoms with Crippen LogP contribution in [0, 0.1) is 12.8 Å². The van der Waals surface area contributed by atoms with Crippen LogP contribution in [0.15, 0.2) is 165 Å². The number of hydrogen-bond donors (Lipinski definition) is 3. The number of hydrogen-bond acceptors (Lipinski definition) is 6. The summed E-state index contributed by atoms with van der Waals surface area (Å²) in [5, 5.41) is 3.92. The van der Waals surface area contributed by atoms with E-state index < -0.39 is 41.3 Å². The fourth-order valence-corrected chi connectivity index (χ4v) is 8.58. The number of azide groups is 1. The van der Waals surface area contributed by atoms with Gasteiger partial charge in [-0.15, -0.1) is 12.8 Å². The number of nitrogens with two attached hydrogens (primary N) is 1. The predicted octanol–water partition coefficient (Wildman–Crippen LogP) is 20.4. The average molecular weight is 1370 g/mol. The van der Waals surface area contributed by atoms with E-state index in [2.05, 4.69) is 72.5 Å². The zero-order valence-corrected chi connectivity index (χ0v) is 52.4. The number of nitrogens with one attached hydrogen (secondary N) is 2. The highest BCUT2D eigenvalue weighted by atomic mass is 79.9. The lowest BCUT2D eigenvalue weighted by atomic mass is 10.0. The molecular formula is C65H67BBr2F10N6O5. The van der Waals surface area contributed by atoms with Gasteiger partial charge in [-0.05, 0) is 67.4 Å². The number of rotatable bonds is 12. The third kappa shape index (κ3) is 26.4. The first kappa shape index (κ1) is 80.5. The Morgan fingerprint density at radius 3 is 1.22 bits per heavy atom. The Bertz CT molecular complexity index is 3620. The van der Waals surface area contributed by atoms with Gasteiger partial charge in [-0.3, -0.25) is 24.0 Å². The molecule has 0 saturated heterocycles. The van der Waals surface area contributed by atoms with Crippen molar-refractivity contribution in [2.45, 2.75) is 107 Å². The van der Waals surface area contributed by atoms with E-state index in [1.807, 2.05) is 18.2 Å². The Labute approximate surface area is 530 Å². The van der Waals surface area contributed by atoms with E-state index in [4.69, 9.17) is 12.6 Å². The summed E-state index contributed by atoms with van der Waals surface area (Å²) >= 11 is 6.33. The summed E-state index contributed by atoms with van der Waals surface area (Å²) in [4.78, 5) is 62.5. The average Bonchev–Trinajstić information content (AvgIpc) is 1.72. The van der Waals surface area contributed by atoms with Crippen molar-refractivity contribution in [2.24, 2.45) is 10.8 Å². The molecule has 0 fully saturated rings. The molecule has 24 heteroatoms. The number of allylic oxidation sites excluding steroid dienone is 1. The molecule has 2 heterocycles. The van der Waals surface area contributed by atoms with Gasteiger partial charge in [0.2, 0.25) is 0 Å². The molecule has 0 aliphatic heterocycles. The lowest BCUT2D eigenvalue weighted by molar-refractivity contribution is -0.113. The van der Waals surface area contributed by atoms with Crippen LogP contribution in [0.4, 0.5) is 43.9 Å². The summed E-state index contributed by atoms with van der Waals surface area (Å²) in [6.07, 6.45) is 9.60. The number of carbonyl (C=O) groups excluding carboxylic acids is 5. The lowest BCUT2D eigenvalue weighted by Gasteiger charge is -2.13. The second-order valence-electron chi connectivity index (χ2n) is 18.3. The third-order valence-corrected chi connectivity index (χ3v) is 12.7. The second kappa shape index (κ2) is 37.4. The van der Waals surface area contributed by atoms with Gasteiger partial charge in [-0.1, -0.05) is 168 Å². The van der Waals surface area contributed by atoms with Crippen LogP contribution in [-0.4, -0.2) is 47.4 Å². The molecule has 0 spiro atoms. The third-order valence-electron chi connectivity index (χ3n) is 11.3. The molecule has 0 unspecified atom stereocenters. The van der Waals surface area contributed by atoms with E-state index in [0.29, 0.717) is 38.3 Å². The molecule has 0 bridgehead atoms. The minimum Gasteiger partial charge on any atom is -0.364 e. The topological polar surface area (TPSA) is 192 Å². The first-order valence-electron chi connectivity index (χ1n) is 26.2. The number of aldehydes is 1. The Balaban J connectivity index is 0. The molecule has 2 aromatic heterocycles. The summed E-state index contributed by atoms with van der Waals surface area (Å²) < 4.78 is 138. The van der Waals surface area contributed by atoms with Gasteiger partial charge in [0.15, 0.2) is 23.6 Å². The Morgan fingerprint density at radius 1 is 0.551 bits per heavy atom. The number of ketones is 3. The van der Waals surface area contributed by atoms with Crippen LogP contribution in [0.5, 0.6) is 0 Å². The molecule has 8 rings (SSSR count). The smallest absolute Gasteiger partial charge is 0.271 e. The number of benzene rings is 6. The molecule has 0 atom stereocenters. The predicted molar refractivity (Wildman–Crippen MR) is 342 cm³/mol. The standard InChI is InChI=1S/C12H11F2N3O.C12H11F2NO.C11H10F2N2O.C9H8F2O.C8H7BrF2.C8H7BrO.C2H2.CH3B.2CH4/c1-8(18)11(16-17-15)7-9-5-3-4-6-10(9)12(2,13)14;1-7(16)11-6-8-9(12(2,13)14)4-3-5-10(8)15-11;1-11(12,13)7-3-2-4-8-6(7)5-9(15-8)10(14)16;1-9(10,11)8-5-3-2-4-7(8)6-12;1-8(10,11)6-4-2-3-5-7(6)9;1-6(10)7-4-2-3-5-8(7)9;2*1-2;;/h3-7H,1-2H3;3-6,15H,1-2H3;2-5,15H,1H3,(H2,14,16);2-6H,1H3;2-5H,1H3;2-5H,1H3;1-2H;1H3;2*1H4/b11-7-;;;;;;;;;/i;;;;;;;;1D;. The van der Waals surface area contributed by atoms with Crippen molar-refractivity contribution in [3.05, 3.63) is 227 Å². The van der Waals surface area contributed by atoms with Crippen LogP contribution >= 0.6 is 31.9 Å². The van der Waals surface area contributed by atoms with Crippen LogP contribution in [0.25, 0.3) is 38.3 Å². The Morgan fingerprint density at radius 2 is 0.899 bits per heavy atom. The molecule has 1 amide bonds. The normalized spacial score (nSPS) is 10.9. The van der Waals surface area contributed by atoms with Gasteiger partial charge in [0.05, 0.1) is 19.2 Å². The number of alkyl halides is 10. The summed E-state index contributed by atoms with van der Waals surface area (Å²) in [5.74, 6) is -15.8. The largest absolute Gasteiger partial charge is 0.364 e. The van der Waals surface area contributed by atoms with Crippen LogP contribution in [0.2, 0.25) is 6.82 Å². The van der Waals surface area contributed by atoms with Crippen LogP contribution in [0.3, 0.4) is 0 Å². The number of H-pyrrole nitrogens is 2. The fourth-order valence-electron chi connectivity index (χ4n) is 7.38. The van der Waals surface area contributed by atoms with Crippen LogP contribution in [0.1, 0.15) is 147 Å². The van der Waals surface area contributed by atoms with Crippen molar-refractivity contribution in [3.8, 4) is 12.8 Å². The number of terminal acetylenes is 1. The van der Waals surface area contributed by atoms with Crippen molar-refractivity contribution in [2.75, 3.05) is 0 Å². The summed E-state index contributed by atoms with van der Waals surface area (Å²) in [5.41, 5.74) is 15.1. The molecule has 0 aliphatic carbocycles. The van der Waals surface area contributed by atoms with E-state index in [1.54, 1.807) is 61.5 Å². The van der Waals surface area contributed by atoms with Gasteiger partial charge in [0.25, 0.3) is 35.5 Å². The number of carbonyl (C=O) groups is 5. The first-order chi connectivity index (χ1) is 41.4. The molecular weight excluding hydrogens is 1310 g/mol. The highest BCUT2D eigenvalue weighted by Crippen LogP contribution is 2.36.